The highest BCUT2D eigenvalue weighted by Crippen LogP contribution is 2.34. The van der Waals surface area contributed by atoms with Gasteiger partial charge in [0.05, 0.1) is 31.2 Å². The van der Waals surface area contributed by atoms with E-state index in [-0.39, 0.29) is 29.9 Å². The van der Waals surface area contributed by atoms with Gasteiger partial charge < -0.3 is 14.5 Å². The predicted molar refractivity (Wildman–Crippen MR) is 155 cm³/mol. The van der Waals surface area contributed by atoms with Gasteiger partial charge in [-0.3, -0.25) is 9.52 Å². The van der Waals surface area contributed by atoms with Gasteiger partial charge >= 0.3 is 0 Å². The lowest BCUT2D eigenvalue weighted by molar-refractivity contribution is -0.128. The van der Waals surface area contributed by atoms with Gasteiger partial charge in [0.15, 0.2) is 0 Å². The molecule has 0 radical (unpaired) electrons. The van der Waals surface area contributed by atoms with Crippen LogP contribution in [0, 0.1) is 23.0 Å². The number of sulfonamides is 1. The van der Waals surface area contributed by atoms with Gasteiger partial charge in [0, 0.05) is 42.8 Å². The molecule has 1 atom stereocenters. The van der Waals surface area contributed by atoms with Crippen molar-refractivity contribution in [3.63, 3.8) is 0 Å². The van der Waals surface area contributed by atoms with Crippen molar-refractivity contribution in [2.24, 2.45) is 0 Å². The SMILES string of the molecule is C=CC(=O)N1CCN(c2ncnc3ccc(-c4cnc(OC)c(NS(=O)(=O)c5ccc(F)cc5F)c4)cc23)C[C@@H]1CC#N. The van der Waals surface area contributed by atoms with Crippen molar-refractivity contribution >= 4 is 38.3 Å². The molecule has 1 N–H and O–H groups in total. The molecule has 43 heavy (non-hydrogen) atoms. The van der Waals surface area contributed by atoms with E-state index in [9.17, 15) is 27.3 Å². The fraction of sp³-hybridized carbons (Fsp3) is 0.207. The Hall–Kier alpha value is -5.16. The van der Waals surface area contributed by atoms with Crippen LogP contribution in [-0.4, -0.2) is 67.0 Å². The van der Waals surface area contributed by atoms with Crippen LogP contribution in [0.1, 0.15) is 6.42 Å². The molecule has 0 aliphatic carbocycles. The minimum atomic E-state index is -4.47. The molecule has 1 saturated heterocycles. The van der Waals surface area contributed by atoms with Crippen molar-refractivity contribution < 1.29 is 26.7 Å². The van der Waals surface area contributed by atoms with Gasteiger partial charge in [0.2, 0.25) is 11.8 Å². The maximum Gasteiger partial charge on any atom is 0.264 e. The Morgan fingerprint density at radius 3 is 2.70 bits per heavy atom. The Bertz CT molecular complexity index is 1880. The highest BCUT2D eigenvalue weighted by Gasteiger charge is 2.30. The summed E-state index contributed by atoms with van der Waals surface area (Å²) < 4.78 is 61.1. The number of nitrogens with zero attached hydrogens (tertiary/aromatic N) is 6. The van der Waals surface area contributed by atoms with E-state index in [2.05, 4.69) is 32.3 Å². The van der Waals surface area contributed by atoms with Gasteiger partial charge in [-0.2, -0.15) is 5.26 Å². The molecule has 1 amide bonds. The molecule has 5 rings (SSSR count). The zero-order valence-electron chi connectivity index (χ0n) is 22.9. The second kappa shape index (κ2) is 12.0. The number of anilines is 2. The minimum Gasteiger partial charge on any atom is -0.480 e. The van der Waals surface area contributed by atoms with Gasteiger partial charge in [-0.25, -0.2) is 32.2 Å². The summed E-state index contributed by atoms with van der Waals surface area (Å²) in [6.45, 7) is 4.77. The zero-order valence-corrected chi connectivity index (χ0v) is 23.7. The number of hydrogen-bond acceptors (Lipinski definition) is 9. The molecule has 2 aromatic carbocycles. The number of carbonyl (C=O) groups is 1. The number of nitrogens with one attached hydrogen (secondary N) is 1. The number of halogens is 2. The number of nitriles is 1. The number of piperazine rings is 1. The Labute approximate surface area is 246 Å². The van der Waals surface area contributed by atoms with Crippen LogP contribution >= 0.6 is 0 Å². The number of amides is 1. The summed E-state index contributed by atoms with van der Waals surface area (Å²) in [6.07, 6.45) is 4.30. The summed E-state index contributed by atoms with van der Waals surface area (Å²) >= 11 is 0. The molecule has 1 aliphatic heterocycles. The van der Waals surface area contributed by atoms with Crippen molar-refractivity contribution in [2.75, 3.05) is 36.4 Å². The second-order valence-electron chi connectivity index (χ2n) is 9.59. The molecule has 3 heterocycles. The van der Waals surface area contributed by atoms with Crippen molar-refractivity contribution in [1.29, 1.82) is 5.26 Å². The predicted octanol–water partition coefficient (Wildman–Crippen LogP) is 3.90. The Balaban J connectivity index is 1.51. The van der Waals surface area contributed by atoms with E-state index in [1.54, 1.807) is 17.0 Å². The second-order valence-corrected chi connectivity index (χ2v) is 11.2. The lowest BCUT2D eigenvalue weighted by atomic mass is 10.0. The Morgan fingerprint density at radius 1 is 1.16 bits per heavy atom. The first kappa shape index (κ1) is 29.3. The minimum absolute atomic E-state index is 0.0595. The third-order valence-electron chi connectivity index (χ3n) is 6.99. The van der Waals surface area contributed by atoms with Crippen LogP contribution in [0.5, 0.6) is 5.88 Å². The summed E-state index contributed by atoms with van der Waals surface area (Å²) in [4.78, 5) is 28.3. The molecular weight excluding hydrogens is 580 g/mol. The van der Waals surface area contributed by atoms with Crippen LogP contribution in [0.4, 0.5) is 20.3 Å². The van der Waals surface area contributed by atoms with Crippen LogP contribution in [0.25, 0.3) is 22.0 Å². The molecule has 2 aromatic heterocycles. The van der Waals surface area contributed by atoms with E-state index >= 15 is 0 Å². The summed E-state index contributed by atoms with van der Waals surface area (Å²) in [6, 6.07) is 10.8. The molecule has 11 nitrogen and oxygen atoms in total. The van der Waals surface area contributed by atoms with E-state index in [4.69, 9.17) is 4.74 Å². The highest BCUT2D eigenvalue weighted by molar-refractivity contribution is 7.92. The molecule has 4 aromatic rings. The zero-order chi connectivity index (χ0) is 30.7. The summed E-state index contributed by atoms with van der Waals surface area (Å²) in [5.74, 6) is -1.85. The van der Waals surface area contributed by atoms with Crippen molar-refractivity contribution in [1.82, 2.24) is 19.9 Å². The van der Waals surface area contributed by atoms with E-state index in [1.165, 1.54) is 31.8 Å². The van der Waals surface area contributed by atoms with E-state index in [1.807, 2.05) is 11.0 Å². The highest BCUT2D eigenvalue weighted by atomic mass is 32.2. The summed E-state index contributed by atoms with van der Waals surface area (Å²) in [5.41, 5.74) is 1.72. The quantitative estimate of drug-likeness (QED) is 0.296. The standard InChI is InChI=1S/C29H25F2N7O4S/c1-3-27(39)38-11-10-37(16-21(38)8-9-32)28-22-12-18(4-6-24(22)34-17-35-28)19-13-25(29(42-2)33-15-19)36-43(40,41)26-7-5-20(30)14-23(26)31/h3-7,12-15,17,21,36H,1,8,10-11,16H2,2H3/t21-/m0/s1. The number of fused-ring (bicyclic) bond motifs is 1. The van der Waals surface area contributed by atoms with Crippen molar-refractivity contribution in [2.45, 2.75) is 17.4 Å². The van der Waals surface area contributed by atoms with Crippen molar-refractivity contribution in [3.8, 4) is 23.1 Å². The first-order valence-corrected chi connectivity index (χ1v) is 14.5. The number of methoxy groups -OCH3 is 1. The van der Waals surface area contributed by atoms with Crippen LogP contribution in [-0.2, 0) is 14.8 Å². The normalized spacial score (nSPS) is 15.2. The number of pyridine rings is 1. The maximum absolute atomic E-state index is 14.3. The lowest BCUT2D eigenvalue weighted by Gasteiger charge is -2.41. The molecule has 220 valence electrons. The fourth-order valence-electron chi connectivity index (χ4n) is 4.95. The molecule has 14 heteroatoms. The Kier molecular flexibility index (Phi) is 8.18. The molecule has 0 saturated carbocycles. The number of benzene rings is 2. The van der Waals surface area contributed by atoms with Crippen molar-refractivity contribution in [3.05, 3.63) is 79.3 Å². The van der Waals surface area contributed by atoms with Crippen LogP contribution in [0.2, 0.25) is 0 Å². The third-order valence-corrected chi connectivity index (χ3v) is 8.39. The molecule has 1 fully saturated rings. The molecule has 1 aliphatic rings. The smallest absolute Gasteiger partial charge is 0.264 e. The maximum atomic E-state index is 14.3. The van der Waals surface area contributed by atoms with Crippen LogP contribution in [0.3, 0.4) is 0 Å². The number of ether oxygens (including phenoxy) is 1. The number of aromatic nitrogens is 3. The molecular formula is C29H25F2N7O4S. The van der Waals surface area contributed by atoms with Crippen LogP contribution < -0.4 is 14.4 Å². The van der Waals surface area contributed by atoms with E-state index in [0.29, 0.717) is 53.5 Å². The topological polar surface area (TPSA) is 141 Å². The average molecular weight is 606 g/mol. The summed E-state index contributed by atoms with van der Waals surface area (Å²) in [7, 11) is -3.16. The largest absolute Gasteiger partial charge is 0.480 e. The molecule has 0 spiro atoms. The first-order chi connectivity index (χ1) is 20.6. The van der Waals surface area contributed by atoms with Gasteiger partial charge in [0.25, 0.3) is 10.0 Å². The van der Waals surface area contributed by atoms with E-state index < -0.39 is 26.6 Å². The average Bonchev–Trinajstić information content (AvgIpc) is 3.00. The first-order valence-electron chi connectivity index (χ1n) is 13.0. The number of carbonyl (C=O) groups excluding carboxylic acids is 1. The van der Waals surface area contributed by atoms with Gasteiger partial charge in [-0.1, -0.05) is 12.6 Å². The lowest BCUT2D eigenvalue weighted by Crippen LogP contribution is -2.55. The Morgan fingerprint density at radius 2 is 1.98 bits per heavy atom. The number of rotatable bonds is 8. The van der Waals surface area contributed by atoms with Gasteiger partial charge in [-0.15, -0.1) is 0 Å². The van der Waals surface area contributed by atoms with Gasteiger partial charge in [-0.05, 0) is 42.0 Å². The molecule has 0 unspecified atom stereocenters. The van der Waals surface area contributed by atoms with Gasteiger partial charge in [0.1, 0.15) is 34.4 Å². The fourth-order valence-corrected chi connectivity index (χ4v) is 6.06. The summed E-state index contributed by atoms with van der Waals surface area (Å²) in [5, 5.41) is 10.0. The number of hydrogen-bond donors (Lipinski definition) is 1. The third kappa shape index (κ3) is 5.93. The monoisotopic (exact) mass is 605 g/mol. The van der Waals surface area contributed by atoms with E-state index in [0.717, 1.165) is 12.1 Å². The molecule has 0 bridgehead atoms. The van der Waals surface area contributed by atoms with Crippen LogP contribution in [0.15, 0.2) is 72.5 Å².